The third kappa shape index (κ3) is 4.57. The molecule has 1 heterocycles. The van der Waals surface area contributed by atoms with Gasteiger partial charge in [-0.15, -0.1) is 0 Å². The van der Waals surface area contributed by atoms with Crippen LogP contribution < -0.4 is 5.32 Å². The summed E-state index contributed by atoms with van der Waals surface area (Å²) in [5.41, 5.74) is 1.37. The van der Waals surface area contributed by atoms with Crippen molar-refractivity contribution in [3.63, 3.8) is 0 Å². The Morgan fingerprint density at radius 1 is 1.28 bits per heavy atom. The molecule has 1 atom stereocenters. The zero-order chi connectivity index (χ0) is 18.4. The molecule has 0 bridgehead atoms. The van der Waals surface area contributed by atoms with Gasteiger partial charge in [0.1, 0.15) is 6.61 Å². The Morgan fingerprint density at radius 3 is 2.68 bits per heavy atom. The molecule has 3 amide bonds. The molecule has 1 aliphatic heterocycles. The lowest BCUT2D eigenvalue weighted by Crippen LogP contribution is -2.52. The minimum atomic E-state index is -0.276. The minimum Gasteiger partial charge on any atom is -0.372 e. The van der Waals surface area contributed by atoms with E-state index in [-0.39, 0.29) is 30.4 Å². The average molecular weight is 347 g/mol. The monoisotopic (exact) mass is 347 g/mol. The summed E-state index contributed by atoms with van der Waals surface area (Å²) in [7, 11) is 1.58. The van der Waals surface area contributed by atoms with Crippen molar-refractivity contribution < 1.29 is 19.1 Å². The quantitative estimate of drug-likeness (QED) is 0.855. The summed E-state index contributed by atoms with van der Waals surface area (Å²) in [6.07, 6.45) is 0. The van der Waals surface area contributed by atoms with Gasteiger partial charge in [0.2, 0.25) is 11.8 Å². The Balaban J connectivity index is 2.25. The number of ether oxygens (including phenoxy) is 1. The van der Waals surface area contributed by atoms with E-state index in [9.17, 15) is 14.4 Å². The maximum atomic E-state index is 12.3. The number of hydrogen-bond acceptors (Lipinski definition) is 4. The number of nitrogens with zero attached hydrogens (tertiary/aromatic N) is 2. The van der Waals surface area contributed by atoms with E-state index in [0.717, 1.165) is 5.56 Å². The van der Waals surface area contributed by atoms with Crippen molar-refractivity contribution >= 4 is 17.7 Å². The highest BCUT2D eigenvalue weighted by Crippen LogP contribution is 2.26. The number of carbonyl (C=O) groups excluding carboxylic acids is 3. The van der Waals surface area contributed by atoms with Gasteiger partial charge in [-0.05, 0) is 24.6 Å². The molecule has 7 heteroatoms. The van der Waals surface area contributed by atoms with Crippen molar-refractivity contribution in [2.24, 2.45) is 0 Å². The molecule has 0 spiro atoms. The summed E-state index contributed by atoms with van der Waals surface area (Å²) < 4.78 is 5.20. The lowest BCUT2D eigenvalue weighted by atomic mass is 9.99. The van der Waals surface area contributed by atoms with Crippen molar-refractivity contribution in [2.45, 2.75) is 19.9 Å². The predicted molar refractivity (Wildman–Crippen MR) is 93.0 cm³/mol. The molecule has 0 saturated carbocycles. The normalized spacial score (nSPS) is 17.3. The number of carbonyl (C=O) groups is 3. The first-order valence-electron chi connectivity index (χ1n) is 8.42. The molecule has 1 aromatic rings. The largest absolute Gasteiger partial charge is 0.372 e. The molecule has 0 radical (unpaired) electrons. The van der Waals surface area contributed by atoms with Crippen molar-refractivity contribution in [3.8, 4) is 0 Å². The van der Waals surface area contributed by atoms with Gasteiger partial charge < -0.3 is 19.9 Å². The van der Waals surface area contributed by atoms with Crippen molar-refractivity contribution in [2.75, 3.05) is 39.9 Å². The van der Waals surface area contributed by atoms with E-state index >= 15 is 0 Å². The van der Waals surface area contributed by atoms with Crippen LogP contribution in [0.4, 0.5) is 0 Å². The molecule has 0 aliphatic carbocycles. The summed E-state index contributed by atoms with van der Waals surface area (Å²) in [6.45, 7) is 5.22. The Bertz CT molecular complexity index is 647. The van der Waals surface area contributed by atoms with Gasteiger partial charge in [0.25, 0.3) is 5.91 Å². The Kier molecular flexibility index (Phi) is 6.52. The third-order valence-corrected chi connectivity index (χ3v) is 4.33. The molecule has 1 aliphatic rings. The summed E-state index contributed by atoms with van der Waals surface area (Å²) in [4.78, 5) is 39.6. The van der Waals surface area contributed by atoms with Crippen LogP contribution >= 0.6 is 0 Å². The summed E-state index contributed by atoms with van der Waals surface area (Å²) in [6, 6.07) is 6.89. The van der Waals surface area contributed by atoms with Gasteiger partial charge in [-0.2, -0.15) is 0 Å². The highest BCUT2D eigenvalue weighted by Gasteiger charge is 2.32. The molecular formula is C18H25N3O4. The molecule has 2 rings (SSSR count). The highest BCUT2D eigenvalue weighted by molar-refractivity contribution is 5.94. The fourth-order valence-corrected chi connectivity index (χ4v) is 2.98. The average Bonchev–Trinajstić information content (AvgIpc) is 2.64. The third-order valence-electron chi connectivity index (χ3n) is 4.33. The van der Waals surface area contributed by atoms with Crippen LogP contribution in [0.3, 0.4) is 0 Å². The van der Waals surface area contributed by atoms with E-state index in [1.807, 2.05) is 13.0 Å². The van der Waals surface area contributed by atoms with Crippen molar-refractivity contribution in [1.29, 1.82) is 0 Å². The van der Waals surface area contributed by atoms with E-state index in [4.69, 9.17) is 4.74 Å². The van der Waals surface area contributed by atoms with Crippen LogP contribution in [0.1, 0.15) is 35.8 Å². The number of amides is 3. The van der Waals surface area contributed by atoms with Crippen LogP contribution in [-0.4, -0.2) is 67.4 Å². The van der Waals surface area contributed by atoms with Crippen molar-refractivity contribution in [3.05, 3.63) is 35.4 Å². The second-order valence-electron chi connectivity index (χ2n) is 5.91. The maximum absolute atomic E-state index is 12.3. The molecule has 0 unspecified atom stereocenters. The lowest BCUT2D eigenvalue weighted by molar-refractivity contribution is -0.144. The van der Waals surface area contributed by atoms with Gasteiger partial charge in [0.05, 0.1) is 6.04 Å². The van der Waals surface area contributed by atoms with Gasteiger partial charge in [-0.3, -0.25) is 14.4 Å². The van der Waals surface area contributed by atoms with Gasteiger partial charge >= 0.3 is 0 Å². The van der Waals surface area contributed by atoms with Crippen LogP contribution in [-0.2, 0) is 14.3 Å². The smallest absolute Gasteiger partial charge is 0.251 e. The van der Waals surface area contributed by atoms with Gasteiger partial charge in [0.15, 0.2) is 0 Å². The summed E-state index contributed by atoms with van der Waals surface area (Å²) in [5.74, 6) is -0.318. The number of rotatable bonds is 5. The zero-order valence-electron chi connectivity index (χ0n) is 14.9. The molecule has 1 N–H and O–H groups in total. The lowest BCUT2D eigenvalue weighted by Gasteiger charge is -2.41. The first kappa shape index (κ1) is 18.9. The molecule has 1 saturated heterocycles. The summed E-state index contributed by atoms with van der Waals surface area (Å²) >= 11 is 0. The van der Waals surface area contributed by atoms with Crippen LogP contribution in [0.2, 0.25) is 0 Å². The first-order chi connectivity index (χ1) is 12.0. The zero-order valence-corrected chi connectivity index (χ0v) is 14.9. The topological polar surface area (TPSA) is 79.0 Å². The Labute approximate surface area is 147 Å². The van der Waals surface area contributed by atoms with E-state index in [1.165, 1.54) is 6.92 Å². The Morgan fingerprint density at radius 2 is 2.04 bits per heavy atom. The van der Waals surface area contributed by atoms with Crippen LogP contribution in [0.15, 0.2) is 24.3 Å². The first-order valence-corrected chi connectivity index (χ1v) is 8.42. The molecule has 7 nitrogen and oxygen atoms in total. The van der Waals surface area contributed by atoms with Crippen molar-refractivity contribution in [1.82, 2.24) is 15.1 Å². The van der Waals surface area contributed by atoms with E-state index < -0.39 is 0 Å². The van der Waals surface area contributed by atoms with Gasteiger partial charge in [-0.1, -0.05) is 12.1 Å². The Hall–Kier alpha value is -2.41. The molecule has 136 valence electrons. The second kappa shape index (κ2) is 8.62. The molecular weight excluding hydrogens is 322 g/mol. The molecule has 1 fully saturated rings. The van der Waals surface area contributed by atoms with Crippen LogP contribution in [0, 0.1) is 0 Å². The maximum Gasteiger partial charge on any atom is 0.251 e. The number of nitrogens with one attached hydrogen (secondary N) is 1. The number of piperazine rings is 1. The van der Waals surface area contributed by atoms with Gasteiger partial charge in [-0.25, -0.2) is 0 Å². The van der Waals surface area contributed by atoms with E-state index in [1.54, 1.807) is 35.0 Å². The van der Waals surface area contributed by atoms with E-state index in [2.05, 4.69) is 5.32 Å². The molecule has 0 aromatic heterocycles. The number of benzene rings is 1. The number of hydrogen-bond donors (Lipinski definition) is 1. The van der Waals surface area contributed by atoms with Crippen LogP contribution in [0.25, 0.3) is 0 Å². The van der Waals surface area contributed by atoms with Crippen LogP contribution in [0.5, 0.6) is 0 Å². The highest BCUT2D eigenvalue weighted by atomic mass is 16.5. The SMILES string of the molecule is CCOCC(=O)N1CCN(C(C)=O)[C@H](c2cccc(C(=O)NC)c2)C1. The van der Waals surface area contributed by atoms with Gasteiger partial charge in [0, 0.05) is 45.8 Å². The second-order valence-corrected chi connectivity index (χ2v) is 5.91. The molecule has 25 heavy (non-hydrogen) atoms. The standard InChI is InChI=1S/C18H25N3O4/c1-4-25-12-17(23)20-8-9-21(13(2)22)16(11-20)14-6-5-7-15(10-14)18(24)19-3/h5-7,10,16H,4,8-9,11-12H2,1-3H3,(H,19,24)/t16-/m0/s1. The molecule has 1 aromatic carbocycles. The van der Waals surface area contributed by atoms with E-state index in [0.29, 0.717) is 31.8 Å². The fourth-order valence-electron chi connectivity index (χ4n) is 2.98. The summed E-state index contributed by atoms with van der Waals surface area (Å²) in [5, 5.41) is 2.60. The minimum absolute atomic E-state index is 0.0432. The predicted octanol–water partition coefficient (Wildman–Crippen LogP) is 0.814. The fraction of sp³-hybridized carbons (Fsp3) is 0.500.